The summed E-state index contributed by atoms with van der Waals surface area (Å²) in [5.74, 6) is -1.39. The van der Waals surface area contributed by atoms with Crippen molar-refractivity contribution in [3.63, 3.8) is 0 Å². The Morgan fingerprint density at radius 2 is 1.80 bits per heavy atom. The van der Waals surface area contributed by atoms with E-state index in [1.807, 2.05) is 0 Å². The Bertz CT molecular complexity index is 292. The SMILES string of the molecule is NC(=O)CC[C@@H]1NC(=O)[C@H](CO)NC1=O. The van der Waals surface area contributed by atoms with Crippen LogP contribution in [0.15, 0.2) is 0 Å². The molecule has 84 valence electrons. The summed E-state index contributed by atoms with van der Waals surface area (Å²) in [6.07, 6.45) is 0.202. The van der Waals surface area contributed by atoms with Crippen LogP contribution in [-0.2, 0) is 14.4 Å². The minimum Gasteiger partial charge on any atom is -0.394 e. The summed E-state index contributed by atoms with van der Waals surface area (Å²) in [6.45, 7) is -0.444. The molecule has 15 heavy (non-hydrogen) atoms. The van der Waals surface area contributed by atoms with E-state index in [1.54, 1.807) is 0 Å². The number of nitrogens with one attached hydrogen (secondary N) is 2. The predicted molar refractivity (Wildman–Crippen MR) is 49.4 cm³/mol. The molecular weight excluding hydrogens is 202 g/mol. The van der Waals surface area contributed by atoms with Gasteiger partial charge in [0.1, 0.15) is 12.1 Å². The molecule has 0 spiro atoms. The number of aliphatic hydroxyl groups is 1. The smallest absolute Gasteiger partial charge is 0.245 e. The summed E-state index contributed by atoms with van der Waals surface area (Å²) in [4.78, 5) is 33.0. The highest BCUT2D eigenvalue weighted by atomic mass is 16.3. The molecule has 2 atom stereocenters. The molecule has 0 aromatic rings. The van der Waals surface area contributed by atoms with Crippen LogP contribution in [0.2, 0.25) is 0 Å². The number of rotatable bonds is 4. The summed E-state index contributed by atoms with van der Waals surface area (Å²) in [7, 11) is 0. The van der Waals surface area contributed by atoms with Crippen LogP contribution < -0.4 is 16.4 Å². The molecule has 1 saturated heterocycles. The topological polar surface area (TPSA) is 122 Å². The van der Waals surface area contributed by atoms with Gasteiger partial charge in [-0.15, -0.1) is 0 Å². The van der Waals surface area contributed by atoms with E-state index in [0.29, 0.717) is 0 Å². The van der Waals surface area contributed by atoms with Crippen molar-refractivity contribution in [2.24, 2.45) is 5.73 Å². The first-order valence-corrected chi connectivity index (χ1v) is 4.54. The van der Waals surface area contributed by atoms with Crippen molar-refractivity contribution in [2.75, 3.05) is 6.61 Å². The van der Waals surface area contributed by atoms with Crippen molar-refractivity contribution < 1.29 is 19.5 Å². The first kappa shape index (κ1) is 11.4. The van der Waals surface area contributed by atoms with Gasteiger partial charge in [0.05, 0.1) is 6.61 Å². The van der Waals surface area contributed by atoms with Crippen LogP contribution in [-0.4, -0.2) is 41.5 Å². The van der Waals surface area contributed by atoms with E-state index in [0.717, 1.165) is 0 Å². The second-order valence-corrected chi connectivity index (χ2v) is 3.31. The molecule has 0 saturated carbocycles. The highest BCUT2D eigenvalue weighted by Crippen LogP contribution is 2.03. The highest BCUT2D eigenvalue weighted by molar-refractivity contribution is 5.97. The van der Waals surface area contributed by atoms with Crippen LogP contribution in [0.5, 0.6) is 0 Å². The van der Waals surface area contributed by atoms with Crippen LogP contribution in [0, 0.1) is 0 Å². The zero-order valence-corrected chi connectivity index (χ0v) is 8.03. The van der Waals surface area contributed by atoms with E-state index in [1.165, 1.54) is 0 Å². The van der Waals surface area contributed by atoms with Gasteiger partial charge in [0.25, 0.3) is 0 Å². The Kier molecular flexibility index (Phi) is 3.62. The monoisotopic (exact) mass is 215 g/mol. The number of piperazine rings is 1. The maximum Gasteiger partial charge on any atom is 0.245 e. The fourth-order valence-corrected chi connectivity index (χ4v) is 1.29. The summed E-state index contributed by atoms with van der Waals surface area (Å²) >= 11 is 0. The van der Waals surface area contributed by atoms with Gasteiger partial charge in [-0.25, -0.2) is 0 Å². The predicted octanol–water partition coefficient (Wildman–Crippen LogP) is -2.77. The molecule has 7 heteroatoms. The van der Waals surface area contributed by atoms with E-state index >= 15 is 0 Å². The van der Waals surface area contributed by atoms with Gasteiger partial charge >= 0.3 is 0 Å². The number of primary amides is 1. The fourth-order valence-electron chi connectivity index (χ4n) is 1.29. The number of carbonyl (C=O) groups is 3. The number of hydrogen-bond acceptors (Lipinski definition) is 4. The van der Waals surface area contributed by atoms with Gasteiger partial charge in [-0.1, -0.05) is 0 Å². The van der Waals surface area contributed by atoms with E-state index in [-0.39, 0.29) is 12.8 Å². The number of aliphatic hydroxyl groups excluding tert-OH is 1. The Hall–Kier alpha value is -1.63. The Morgan fingerprint density at radius 3 is 2.33 bits per heavy atom. The molecule has 1 rings (SSSR count). The van der Waals surface area contributed by atoms with Gasteiger partial charge in [0, 0.05) is 6.42 Å². The second-order valence-electron chi connectivity index (χ2n) is 3.31. The van der Waals surface area contributed by atoms with E-state index in [2.05, 4.69) is 10.6 Å². The Balaban J connectivity index is 2.51. The van der Waals surface area contributed by atoms with E-state index in [4.69, 9.17) is 10.8 Å². The normalized spacial score (nSPS) is 25.7. The Labute approximate surface area is 86.0 Å². The van der Waals surface area contributed by atoms with Crippen molar-refractivity contribution in [2.45, 2.75) is 24.9 Å². The molecule has 1 heterocycles. The molecule has 0 unspecified atom stereocenters. The minimum absolute atomic E-state index is 0.0299. The molecule has 7 nitrogen and oxygen atoms in total. The van der Waals surface area contributed by atoms with Crippen molar-refractivity contribution in [1.82, 2.24) is 10.6 Å². The van der Waals surface area contributed by atoms with Gasteiger partial charge in [0.2, 0.25) is 17.7 Å². The Morgan fingerprint density at radius 1 is 1.27 bits per heavy atom. The largest absolute Gasteiger partial charge is 0.394 e. The second kappa shape index (κ2) is 4.74. The van der Waals surface area contributed by atoms with E-state index < -0.39 is 36.4 Å². The van der Waals surface area contributed by atoms with Gasteiger partial charge in [-0.3, -0.25) is 14.4 Å². The van der Waals surface area contributed by atoms with Crippen LogP contribution in [0.1, 0.15) is 12.8 Å². The highest BCUT2D eigenvalue weighted by Gasteiger charge is 2.32. The summed E-state index contributed by atoms with van der Waals surface area (Å²) in [5, 5.41) is 13.5. The summed E-state index contributed by atoms with van der Waals surface area (Å²) in [6, 6.07) is -1.64. The molecule has 0 aliphatic carbocycles. The quantitative estimate of drug-likeness (QED) is 0.405. The molecule has 0 aromatic heterocycles. The molecule has 5 N–H and O–H groups in total. The average Bonchev–Trinajstić information content (AvgIpc) is 2.18. The number of hydrogen-bond donors (Lipinski definition) is 4. The van der Waals surface area contributed by atoms with Crippen molar-refractivity contribution >= 4 is 17.7 Å². The number of nitrogens with two attached hydrogens (primary N) is 1. The number of amides is 3. The van der Waals surface area contributed by atoms with Crippen LogP contribution in [0.25, 0.3) is 0 Å². The average molecular weight is 215 g/mol. The van der Waals surface area contributed by atoms with Gasteiger partial charge in [-0.2, -0.15) is 0 Å². The van der Waals surface area contributed by atoms with Gasteiger partial charge in [-0.05, 0) is 6.42 Å². The van der Waals surface area contributed by atoms with Crippen molar-refractivity contribution in [1.29, 1.82) is 0 Å². The maximum atomic E-state index is 11.3. The summed E-state index contributed by atoms with van der Waals surface area (Å²) in [5.41, 5.74) is 4.92. The first-order chi connectivity index (χ1) is 7.04. The lowest BCUT2D eigenvalue weighted by atomic mass is 10.1. The molecule has 0 aromatic carbocycles. The molecule has 1 aliphatic rings. The summed E-state index contributed by atoms with van der Waals surface area (Å²) < 4.78 is 0. The lowest BCUT2D eigenvalue weighted by molar-refractivity contribution is -0.138. The van der Waals surface area contributed by atoms with Crippen molar-refractivity contribution in [3.8, 4) is 0 Å². The molecule has 3 amide bonds. The molecule has 0 bridgehead atoms. The van der Waals surface area contributed by atoms with E-state index in [9.17, 15) is 14.4 Å². The van der Waals surface area contributed by atoms with Crippen LogP contribution >= 0.6 is 0 Å². The lowest BCUT2D eigenvalue weighted by Gasteiger charge is -2.28. The van der Waals surface area contributed by atoms with Crippen molar-refractivity contribution in [3.05, 3.63) is 0 Å². The van der Waals surface area contributed by atoms with Gasteiger partial charge < -0.3 is 21.5 Å². The standard InChI is InChI=1S/C8H13N3O4/c9-6(13)2-1-4-7(14)11-5(3-12)8(15)10-4/h4-5,12H,1-3H2,(H2,9,13)(H,10,15)(H,11,14)/t4-,5-/m0/s1. The maximum absolute atomic E-state index is 11.3. The molecular formula is C8H13N3O4. The minimum atomic E-state index is -0.901. The first-order valence-electron chi connectivity index (χ1n) is 4.54. The number of carbonyl (C=O) groups excluding carboxylic acids is 3. The molecule has 1 aliphatic heterocycles. The zero-order chi connectivity index (χ0) is 11.4. The third-order valence-electron chi connectivity index (χ3n) is 2.13. The third kappa shape index (κ3) is 2.91. The van der Waals surface area contributed by atoms with Crippen LogP contribution in [0.4, 0.5) is 0 Å². The molecule has 0 radical (unpaired) electrons. The van der Waals surface area contributed by atoms with Crippen LogP contribution in [0.3, 0.4) is 0 Å². The fraction of sp³-hybridized carbons (Fsp3) is 0.625. The lowest BCUT2D eigenvalue weighted by Crippen LogP contribution is -2.62. The third-order valence-corrected chi connectivity index (χ3v) is 2.13. The zero-order valence-electron chi connectivity index (χ0n) is 8.03. The van der Waals surface area contributed by atoms with Gasteiger partial charge in [0.15, 0.2) is 0 Å². The molecule has 1 fully saturated rings.